The van der Waals surface area contributed by atoms with Gasteiger partial charge in [-0.2, -0.15) is 0 Å². The van der Waals surface area contributed by atoms with Crippen molar-refractivity contribution in [1.82, 2.24) is 24.9 Å². The van der Waals surface area contributed by atoms with Crippen LogP contribution in [0.3, 0.4) is 0 Å². The number of hydrogen-bond donors (Lipinski definition) is 0. The van der Waals surface area contributed by atoms with E-state index in [0.717, 1.165) is 82.9 Å². The smallest absolute Gasteiger partial charge is 0.161 e. The van der Waals surface area contributed by atoms with Crippen LogP contribution in [-0.2, 0) is 0 Å². The van der Waals surface area contributed by atoms with E-state index in [0.29, 0.717) is 5.82 Å². The molecule has 0 radical (unpaired) electrons. The topological polar surface area (TPSA) is 64.5 Å². The predicted molar refractivity (Wildman–Crippen MR) is 187 cm³/mol. The first-order valence-electron chi connectivity index (χ1n) is 15.3. The molecule has 0 aliphatic rings. The molecule has 0 N–H and O–H groups in total. The summed E-state index contributed by atoms with van der Waals surface area (Å²) in [5, 5.41) is 5.34. The number of rotatable bonds is 4. The monoisotopic (exact) mass is 587 g/mol. The van der Waals surface area contributed by atoms with E-state index in [9.17, 15) is 0 Å². The van der Waals surface area contributed by atoms with Gasteiger partial charge in [0.15, 0.2) is 5.82 Å². The lowest BCUT2D eigenvalue weighted by Crippen LogP contribution is -1.98. The lowest BCUT2D eigenvalue weighted by Gasteiger charge is -2.14. The van der Waals surface area contributed by atoms with E-state index in [1.165, 1.54) is 0 Å². The van der Waals surface area contributed by atoms with E-state index in [-0.39, 0.29) is 0 Å². The van der Waals surface area contributed by atoms with Crippen molar-refractivity contribution in [2.24, 2.45) is 0 Å². The molecule has 0 unspecified atom stereocenters. The van der Waals surface area contributed by atoms with Gasteiger partial charge in [0.25, 0.3) is 0 Å². The van der Waals surface area contributed by atoms with Gasteiger partial charge in [0.05, 0.1) is 39.3 Å². The van der Waals surface area contributed by atoms with Gasteiger partial charge < -0.3 is 0 Å². The summed E-state index contributed by atoms with van der Waals surface area (Å²) in [4.78, 5) is 25.2. The Morgan fingerprint density at radius 1 is 0.348 bits per heavy atom. The molecule has 0 saturated carbocycles. The van der Waals surface area contributed by atoms with Crippen LogP contribution in [-0.4, -0.2) is 24.9 Å². The van der Waals surface area contributed by atoms with E-state index in [1.807, 2.05) is 36.4 Å². The van der Waals surface area contributed by atoms with Crippen LogP contribution in [0.5, 0.6) is 0 Å². The van der Waals surface area contributed by atoms with Gasteiger partial charge in [0.2, 0.25) is 0 Å². The van der Waals surface area contributed by atoms with Crippen molar-refractivity contribution in [3.8, 4) is 45.3 Å². The standard InChI is InChI=1S/C41H25N5/c1-2-12-29-26(10-1)11-9-16-32(29)41-45-34-17-6-5-15-33(34)40(46-41)31-14-4-3-13-30(31)35-23-21-27-19-20-28-22-24-37(36-18-7-8-25-42-36)44-39(28)38(27)43-35/h1-25H. The quantitative estimate of drug-likeness (QED) is 0.192. The zero-order chi connectivity index (χ0) is 30.5. The van der Waals surface area contributed by atoms with Crippen molar-refractivity contribution in [3.63, 3.8) is 0 Å². The van der Waals surface area contributed by atoms with Crippen molar-refractivity contribution in [3.05, 3.63) is 152 Å². The van der Waals surface area contributed by atoms with Crippen LogP contribution in [0, 0.1) is 0 Å². The Kier molecular flexibility index (Phi) is 6.06. The lowest BCUT2D eigenvalue weighted by molar-refractivity contribution is 1.23. The lowest BCUT2D eigenvalue weighted by atomic mass is 9.97. The molecular formula is C41H25N5. The van der Waals surface area contributed by atoms with Gasteiger partial charge in [0.1, 0.15) is 0 Å². The Balaban J connectivity index is 1.26. The van der Waals surface area contributed by atoms with Gasteiger partial charge >= 0.3 is 0 Å². The van der Waals surface area contributed by atoms with Crippen LogP contribution in [0.15, 0.2) is 152 Å². The van der Waals surface area contributed by atoms with Crippen LogP contribution in [0.25, 0.3) is 88.8 Å². The summed E-state index contributed by atoms with van der Waals surface area (Å²) < 4.78 is 0. The molecule has 0 fully saturated rings. The van der Waals surface area contributed by atoms with Crippen molar-refractivity contribution in [2.45, 2.75) is 0 Å². The average molecular weight is 588 g/mol. The molecule has 4 aromatic heterocycles. The highest BCUT2D eigenvalue weighted by Gasteiger charge is 2.17. The molecule has 4 heterocycles. The zero-order valence-electron chi connectivity index (χ0n) is 24.7. The molecule has 46 heavy (non-hydrogen) atoms. The van der Waals surface area contributed by atoms with Gasteiger partial charge in [0, 0.05) is 39.0 Å². The minimum absolute atomic E-state index is 0.698. The first kappa shape index (κ1) is 26.1. The predicted octanol–water partition coefficient (Wildman–Crippen LogP) is 9.94. The van der Waals surface area contributed by atoms with Crippen molar-refractivity contribution in [1.29, 1.82) is 0 Å². The van der Waals surface area contributed by atoms with Crippen LogP contribution in [0.2, 0.25) is 0 Å². The third kappa shape index (κ3) is 4.37. The number of fused-ring (bicyclic) bond motifs is 5. The summed E-state index contributed by atoms with van der Waals surface area (Å²) in [6.45, 7) is 0. The first-order chi connectivity index (χ1) is 22.8. The molecule has 0 spiro atoms. The number of para-hydroxylation sites is 1. The van der Waals surface area contributed by atoms with E-state index in [2.05, 4.69) is 114 Å². The van der Waals surface area contributed by atoms with Gasteiger partial charge in [-0.05, 0) is 41.1 Å². The van der Waals surface area contributed by atoms with Crippen molar-refractivity contribution in [2.75, 3.05) is 0 Å². The first-order valence-corrected chi connectivity index (χ1v) is 15.3. The summed E-state index contributed by atoms with van der Waals surface area (Å²) in [7, 11) is 0. The Morgan fingerprint density at radius 2 is 0.978 bits per heavy atom. The molecule has 0 bridgehead atoms. The largest absolute Gasteiger partial charge is 0.255 e. The molecular weight excluding hydrogens is 562 g/mol. The molecule has 0 aliphatic heterocycles. The van der Waals surface area contributed by atoms with Gasteiger partial charge in [-0.3, -0.25) is 4.98 Å². The molecule has 5 heteroatoms. The Bertz CT molecular complexity index is 2590. The van der Waals surface area contributed by atoms with Crippen LogP contribution in [0.4, 0.5) is 0 Å². The fourth-order valence-electron chi connectivity index (χ4n) is 6.31. The highest BCUT2D eigenvalue weighted by molar-refractivity contribution is 6.05. The summed E-state index contributed by atoms with van der Waals surface area (Å²) in [5.74, 6) is 0.698. The van der Waals surface area contributed by atoms with Crippen LogP contribution in [0.1, 0.15) is 0 Å². The van der Waals surface area contributed by atoms with Gasteiger partial charge in [-0.1, -0.05) is 115 Å². The Labute approximate surface area is 264 Å². The number of hydrogen-bond acceptors (Lipinski definition) is 5. The summed E-state index contributed by atoms with van der Waals surface area (Å²) >= 11 is 0. The van der Waals surface area contributed by atoms with E-state index >= 15 is 0 Å². The SMILES string of the molecule is c1ccc(-c2ccc3ccc4ccc(-c5ccccc5-c5nc(-c6cccc7ccccc67)nc6ccccc56)nc4c3n2)nc1. The zero-order valence-corrected chi connectivity index (χ0v) is 24.7. The highest BCUT2D eigenvalue weighted by atomic mass is 14.9. The Hall–Kier alpha value is -6.33. The third-order valence-corrected chi connectivity index (χ3v) is 8.54. The summed E-state index contributed by atoms with van der Waals surface area (Å²) in [6, 6.07) is 49.7. The van der Waals surface area contributed by atoms with E-state index < -0.39 is 0 Å². The number of nitrogens with zero attached hydrogens (tertiary/aromatic N) is 5. The molecule has 5 aromatic carbocycles. The maximum absolute atomic E-state index is 5.28. The normalized spacial score (nSPS) is 11.5. The molecule has 0 atom stereocenters. The molecule has 5 nitrogen and oxygen atoms in total. The molecule has 214 valence electrons. The second-order valence-corrected chi connectivity index (χ2v) is 11.3. The third-order valence-electron chi connectivity index (χ3n) is 8.54. The van der Waals surface area contributed by atoms with E-state index in [4.69, 9.17) is 19.9 Å². The minimum Gasteiger partial charge on any atom is -0.255 e. The highest BCUT2D eigenvalue weighted by Crippen LogP contribution is 2.37. The fourth-order valence-corrected chi connectivity index (χ4v) is 6.31. The number of benzene rings is 5. The molecule has 9 aromatic rings. The molecule has 0 saturated heterocycles. The fraction of sp³-hybridized carbons (Fsp3) is 0. The van der Waals surface area contributed by atoms with Crippen molar-refractivity contribution >= 4 is 43.5 Å². The second kappa shape index (κ2) is 10.7. The minimum atomic E-state index is 0.698. The summed E-state index contributed by atoms with van der Waals surface area (Å²) in [5.41, 5.74) is 8.99. The second-order valence-electron chi connectivity index (χ2n) is 11.3. The average Bonchev–Trinajstić information content (AvgIpc) is 3.14. The molecule has 0 amide bonds. The number of pyridine rings is 3. The maximum Gasteiger partial charge on any atom is 0.161 e. The molecule has 9 rings (SSSR count). The molecule has 0 aliphatic carbocycles. The summed E-state index contributed by atoms with van der Waals surface area (Å²) in [6.07, 6.45) is 1.79. The Morgan fingerprint density at radius 3 is 1.80 bits per heavy atom. The van der Waals surface area contributed by atoms with E-state index in [1.54, 1.807) is 6.20 Å². The number of aromatic nitrogens is 5. The van der Waals surface area contributed by atoms with Crippen LogP contribution < -0.4 is 0 Å². The van der Waals surface area contributed by atoms with Gasteiger partial charge in [-0.15, -0.1) is 0 Å². The van der Waals surface area contributed by atoms with Crippen molar-refractivity contribution < 1.29 is 0 Å². The van der Waals surface area contributed by atoms with Crippen LogP contribution >= 0.6 is 0 Å². The maximum atomic E-state index is 5.28. The van der Waals surface area contributed by atoms with Gasteiger partial charge in [-0.25, -0.2) is 19.9 Å².